The highest BCUT2D eigenvalue weighted by atomic mass is 35.5. The van der Waals surface area contributed by atoms with Crippen LogP contribution in [0.4, 0.5) is 5.13 Å². The van der Waals surface area contributed by atoms with E-state index in [1.165, 1.54) is 43.2 Å². The number of anilines is 1. The first kappa shape index (κ1) is 12.2. The maximum atomic E-state index is 5.99. The zero-order valence-electron chi connectivity index (χ0n) is 10.3. The summed E-state index contributed by atoms with van der Waals surface area (Å²) in [7, 11) is 0. The van der Waals surface area contributed by atoms with Crippen LogP contribution in [0.15, 0.2) is 18.2 Å². The molecule has 0 amide bonds. The lowest BCUT2D eigenvalue weighted by molar-refractivity contribution is 0.620. The number of hydrogen-bond donors (Lipinski definition) is 1. The Labute approximate surface area is 116 Å². The lowest BCUT2D eigenvalue weighted by atomic mass is 10.1. The number of halogens is 1. The van der Waals surface area contributed by atoms with Gasteiger partial charge in [-0.05, 0) is 31.0 Å². The fraction of sp³-hybridized carbons (Fsp3) is 0.500. The smallest absolute Gasteiger partial charge is 0.184 e. The van der Waals surface area contributed by atoms with E-state index in [1.54, 1.807) is 11.3 Å². The highest BCUT2D eigenvalue weighted by Gasteiger charge is 2.13. The molecular formula is C14H17ClN2S. The number of rotatable bonds is 2. The molecule has 1 fully saturated rings. The molecule has 1 aliphatic carbocycles. The Bertz CT molecular complexity index is 530. The number of nitrogens with zero attached hydrogens (tertiary/aromatic N) is 1. The summed E-state index contributed by atoms with van der Waals surface area (Å²) in [4.78, 5) is 4.62. The van der Waals surface area contributed by atoms with Crippen LogP contribution >= 0.6 is 22.9 Å². The van der Waals surface area contributed by atoms with E-state index in [-0.39, 0.29) is 0 Å². The predicted molar refractivity (Wildman–Crippen MR) is 79.7 cm³/mol. The van der Waals surface area contributed by atoms with Gasteiger partial charge in [-0.3, -0.25) is 0 Å². The van der Waals surface area contributed by atoms with Crippen molar-refractivity contribution >= 4 is 38.3 Å². The Balaban J connectivity index is 1.77. The minimum atomic E-state index is 0.600. The van der Waals surface area contributed by atoms with Crippen molar-refractivity contribution < 1.29 is 0 Å². The highest BCUT2D eigenvalue weighted by Crippen LogP contribution is 2.30. The van der Waals surface area contributed by atoms with Crippen LogP contribution < -0.4 is 5.32 Å². The van der Waals surface area contributed by atoms with Crippen LogP contribution in [-0.4, -0.2) is 11.0 Å². The lowest BCUT2D eigenvalue weighted by Gasteiger charge is -2.14. The maximum absolute atomic E-state index is 5.99. The zero-order valence-corrected chi connectivity index (χ0v) is 11.9. The van der Waals surface area contributed by atoms with Gasteiger partial charge in [0.15, 0.2) is 5.13 Å². The van der Waals surface area contributed by atoms with E-state index in [0.717, 1.165) is 15.7 Å². The molecule has 96 valence electrons. The second-order valence-electron chi connectivity index (χ2n) is 4.96. The maximum Gasteiger partial charge on any atom is 0.184 e. The molecule has 2 aromatic rings. The van der Waals surface area contributed by atoms with Gasteiger partial charge in [0, 0.05) is 11.1 Å². The number of thiazole rings is 1. The van der Waals surface area contributed by atoms with Crippen molar-refractivity contribution in [2.75, 3.05) is 5.32 Å². The molecule has 0 saturated heterocycles. The Morgan fingerprint density at radius 1 is 1.17 bits per heavy atom. The van der Waals surface area contributed by atoms with Crippen LogP contribution in [0.2, 0.25) is 5.02 Å². The van der Waals surface area contributed by atoms with Crippen LogP contribution in [0, 0.1) is 0 Å². The molecule has 0 bridgehead atoms. The lowest BCUT2D eigenvalue weighted by Crippen LogP contribution is -2.17. The molecule has 3 rings (SSSR count). The number of hydrogen-bond acceptors (Lipinski definition) is 3. The summed E-state index contributed by atoms with van der Waals surface area (Å²) in [6, 6.07) is 6.51. The molecule has 1 aliphatic rings. The van der Waals surface area contributed by atoms with Crippen molar-refractivity contribution in [2.24, 2.45) is 0 Å². The van der Waals surface area contributed by atoms with Gasteiger partial charge in [-0.2, -0.15) is 0 Å². The normalized spacial score (nSPS) is 17.8. The average molecular weight is 281 g/mol. The van der Waals surface area contributed by atoms with Crippen molar-refractivity contribution in [3.63, 3.8) is 0 Å². The van der Waals surface area contributed by atoms with Crippen molar-refractivity contribution in [2.45, 2.75) is 44.6 Å². The summed E-state index contributed by atoms with van der Waals surface area (Å²) in [5, 5.41) is 5.39. The molecule has 0 atom stereocenters. The van der Waals surface area contributed by atoms with Gasteiger partial charge in [-0.25, -0.2) is 4.98 Å². The molecule has 4 heteroatoms. The molecule has 1 N–H and O–H groups in total. The molecular weight excluding hydrogens is 264 g/mol. The fourth-order valence-electron chi connectivity index (χ4n) is 2.56. The van der Waals surface area contributed by atoms with E-state index in [9.17, 15) is 0 Å². The largest absolute Gasteiger partial charge is 0.359 e. The van der Waals surface area contributed by atoms with Gasteiger partial charge in [-0.15, -0.1) is 0 Å². The zero-order chi connectivity index (χ0) is 12.4. The van der Waals surface area contributed by atoms with Gasteiger partial charge in [0.1, 0.15) is 0 Å². The van der Waals surface area contributed by atoms with E-state index >= 15 is 0 Å². The van der Waals surface area contributed by atoms with E-state index < -0.39 is 0 Å². The first-order valence-corrected chi connectivity index (χ1v) is 7.83. The van der Waals surface area contributed by atoms with Gasteiger partial charge >= 0.3 is 0 Å². The molecule has 1 aromatic carbocycles. The predicted octanol–water partition coefficient (Wildman–Crippen LogP) is 5.08. The van der Waals surface area contributed by atoms with E-state index in [1.807, 2.05) is 18.2 Å². The van der Waals surface area contributed by atoms with Crippen LogP contribution in [0.5, 0.6) is 0 Å². The number of nitrogens with one attached hydrogen (secondary N) is 1. The molecule has 0 radical (unpaired) electrons. The van der Waals surface area contributed by atoms with E-state index in [4.69, 9.17) is 11.6 Å². The first-order valence-electron chi connectivity index (χ1n) is 6.64. The summed E-state index contributed by atoms with van der Waals surface area (Å²) in [6.07, 6.45) is 8.00. The monoisotopic (exact) mass is 280 g/mol. The van der Waals surface area contributed by atoms with Crippen LogP contribution in [0.1, 0.15) is 38.5 Å². The third-order valence-electron chi connectivity index (χ3n) is 3.53. The molecule has 0 aliphatic heterocycles. The SMILES string of the molecule is Clc1ccc2sc(NC3CCCCCC3)nc2c1. The number of aromatic nitrogens is 1. The standard InChI is InChI=1S/C14H17ClN2S/c15-10-7-8-13-12(9-10)17-14(18-13)16-11-5-3-1-2-4-6-11/h7-9,11H,1-6H2,(H,16,17). The van der Waals surface area contributed by atoms with E-state index in [2.05, 4.69) is 10.3 Å². The molecule has 0 unspecified atom stereocenters. The number of benzene rings is 1. The molecule has 18 heavy (non-hydrogen) atoms. The fourth-order valence-corrected chi connectivity index (χ4v) is 3.65. The molecule has 1 saturated carbocycles. The Hall–Kier alpha value is -0.800. The molecule has 2 nitrogen and oxygen atoms in total. The second-order valence-corrected chi connectivity index (χ2v) is 6.43. The summed E-state index contributed by atoms with van der Waals surface area (Å²) in [6.45, 7) is 0. The van der Waals surface area contributed by atoms with Gasteiger partial charge in [0.05, 0.1) is 10.2 Å². The van der Waals surface area contributed by atoms with Crippen molar-refractivity contribution in [1.29, 1.82) is 0 Å². The van der Waals surface area contributed by atoms with Gasteiger partial charge in [-0.1, -0.05) is 48.6 Å². The van der Waals surface area contributed by atoms with Crippen molar-refractivity contribution in [1.82, 2.24) is 4.98 Å². The second kappa shape index (κ2) is 5.45. The summed E-state index contributed by atoms with van der Waals surface area (Å²) >= 11 is 7.71. The van der Waals surface area contributed by atoms with Crippen LogP contribution in [-0.2, 0) is 0 Å². The van der Waals surface area contributed by atoms with Crippen LogP contribution in [0.3, 0.4) is 0 Å². The Morgan fingerprint density at radius 3 is 2.72 bits per heavy atom. The van der Waals surface area contributed by atoms with Gasteiger partial charge in [0.2, 0.25) is 0 Å². The minimum absolute atomic E-state index is 0.600. The minimum Gasteiger partial charge on any atom is -0.359 e. The van der Waals surface area contributed by atoms with Gasteiger partial charge < -0.3 is 5.32 Å². The Morgan fingerprint density at radius 2 is 1.94 bits per heavy atom. The first-order chi connectivity index (χ1) is 8.81. The third-order valence-corrected chi connectivity index (χ3v) is 4.74. The topological polar surface area (TPSA) is 24.9 Å². The summed E-state index contributed by atoms with van der Waals surface area (Å²) in [5.41, 5.74) is 1.00. The molecule has 1 heterocycles. The van der Waals surface area contributed by atoms with Crippen molar-refractivity contribution in [3.8, 4) is 0 Å². The number of fused-ring (bicyclic) bond motifs is 1. The summed E-state index contributed by atoms with van der Waals surface area (Å²) in [5.74, 6) is 0. The molecule has 0 spiro atoms. The van der Waals surface area contributed by atoms with Crippen molar-refractivity contribution in [3.05, 3.63) is 23.2 Å². The third kappa shape index (κ3) is 2.78. The highest BCUT2D eigenvalue weighted by molar-refractivity contribution is 7.22. The van der Waals surface area contributed by atoms with E-state index in [0.29, 0.717) is 6.04 Å². The summed E-state index contributed by atoms with van der Waals surface area (Å²) < 4.78 is 1.20. The molecule has 1 aromatic heterocycles. The quantitative estimate of drug-likeness (QED) is 0.776. The average Bonchev–Trinajstić information content (AvgIpc) is 2.57. The van der Waals surface area contributed by atoms with Crippen LogP contribution in [0.25, 0.3) is 10.2 Å². The van der Waals surface area contributed by atoms with Gasteiger partial charge in [0.25, 0.3) is 0 Å². The Kier molecular flexibility index (Phi) is 3.71.